The molecule has 2 N–H and O–H groups in total. The van der Waals surface area contributed by atoms with Crippen LogP contribution in [0.2, 0.25) is 0 Å². The van der Waals surface area contributed by atoms with Gasteiger partial charge in [0.25, 0.3) is 0 Å². The summed E-state index contributed by atoms with van der Waals surface area (Å²) in [4.78, 5) is 16.4. The van der Waals surface area contributed by atoms with Crippen molar-refractivity contribution in [3.05, 3.63) is 60.0 Å². The van der Waals surface area contributed by atoms with Gasteiger partial charge < -0.3 is 20.1 Å². The molecule has 0 atom stereocenters. The predicted octanol–water partition coefficient (Wildman–Crippen LogP) is 2.21. The summed E-state index contributed by atoms with van der Waals surface area (Å²) in [5, 5.41) is 9.78. The molecule has 2 aromatic heterocycles. The molecule has 2 amide bonds. The van der Waals surface area contributed by atoms with Gasteiger partial charge in [-0.15, -0.1) is 0 Å². The zero-order valence-corrected chi connectivity index (χ0v) is 14.8. The molecule has 0 saturated heterocycles. The number of ether oxygens (including phenoxy) is 2. The van der Waals surface area contributed by atoms with Gasteiger partial charge in [0.2, 0.25) is 6.79 Å². The zero-order valence-electron chi connectivity index (χ0n) is 14.8. The van der Waals surface area contributed by atoms with Crippen LogP contribution in [-0.4, -0.2) is 27.6 Å². The van der Waals surface area contributed by atoms with Crippen LogP contribution >= 0.6 is 0 Å². The second-order valence-electron chi connectivity index (χ2n) is 6.18. The van der Waals surface area contributed by atoms with Crippen LogP contribution in [0.4, 0.5) is 4.79 Å². The second kappa shape index (κ2) is 7.36. The molecule has 3 heterocycles. The number of aromatic nitrogens is 3. The van der Waals surface area contributed by atoms with Crippen molar-refractivity contribution >= 4 is 6.03 Å². The molecular formula is C19H19N5O3. The van der Waals surface area contributed by atoms with Crippen molar-refractivity contribution < 1.29 is 14.3 Å². The lowest BCUT2D eigenvalue weighted by molar-refractivity contribution is 0.174. The van der Waals surface area contributed by atoms with Gasteiger partial charge in [0.15, 0.2) is 11.5 Å². The molecule has 0 saturated carbocycles. The predicted molar refractivity (Wildman–Crippen MR) is 98.1 cm³/mol. The number of nitrogens with zero attached hydrogens (tertiary/aromatic N) is 3. The first-order valence-electron chi connectivity index (χ1n) is 8.51. The summed E-state index contributed by atoms with van der Waals surface area (Å²) in [6.45, 7) is 1.04. The van der Waals surface area contributed by atoms with Gasteiger partial charge in [-0.1, -0.05) is 12.1 Å². The van der Waals surface area contributed by atoms with Gasteiger partial charge in [0, 0.05) is 38.1 Å². The zero-order chi connectivity index (χ0) is 18.6. The van der Waals surface area contributed by atoms with Gasteiger partial charge in [0.05, 0.1) is 11.9 Å². The third-order valence-corrected chi connectivity index (χ3v) is 4.17. The average molecular weight is 365 g/mol. The number of urea groups is 1. The maximum absolute atomic E-state index is 12.0. The van der Waals surface area contributed by atoms with Crippen LogP contribution in [0, 0.1) is 0 Å². The maximum atomic E-state index is 12.0. The van der Waals surface area contributed by atoms with Crippen molar-refractivity contribution in [1.82, 2.24) is 25.4 Å². The van der Waals surface area contributed by atoms with E-state index in [0.717, 1.165) is 28.1 Å². The molecule has 0 fully saturated rings. The standard InChI is InChI=1S/C19H19N5O3/c1-24-11-15(10-23-24)16-4-2-14(8-20-16)9-22-19(25)21-7-13-3-5-17-18(6-13)27-12-26-17/h2-6,8,10-11H,7,9,12H2,1H3,(H2,21,22,25). The van der Waals surface area contributed by atoms with Crippen LogP contribution in [-0.2, 0) is 20.1 Å². The summed E-state index contributed by atoms with van der Waals surface area (Å²) in [6, 6.07) is 9.21. The number of aryl methyl sites for hydroxylation is 1. The Balaban J connectivity index is 1.26. The van der Waals surface area contributed by atoms with E-state index in [1.54, 1.807) is 17.1 Å². The summed E-state index contributed by atoms with van der Waals surface area (Å²) < 4.78 is 12.3. The van der Waals surface area contributed by atoms with Gasteiger partial charge in [0.1, 0.15) is 0 Å². The summed E-state index contributed by atoms with van der Waals surface area (Å²) in [5.74, 6) is 1.43. The first-order valence-corrected chi connectivity index (χ1v) is 8.51. The van der Waals surface area contributed by atoms with Gasteiger partial charge >= 0.3 is 6.03 Å². The minimum Gasteiger partial charge on any atom is -0.454 e. The van der Waals surface area contributed by atoms with E-state index >= 15 is 0 Å². The number of hydrogen-bond donors (Lipinski definition) is 2. The van der Waals surface area contributed by atoms with Gasteiger partial charge in [-0.2, -0.15) is 5.10 Å². The van der Waals surface area contributed by atoms with Crippen molar-refractivity contribution in [3.8, 4) is 22.8 Å². The van der Waals surface area contributed by atoms with Crippen molar-refractivity contribution in [2.45, 2.75) is 13.1 Å². The summed E-state index contributed by atoms with van der Waals surface area (Å²) in [6.07, 6.45) is 5.42. The highest BCUT2D eigenvalue weighted by molar-refractivity contribution is 5.73. The van der Waals surface area contributed by atoms with E-state index < -0.39 is 0 Å². The topological polar surface area (TPSA) is 90.3 Å². The minimum atomic E-state index is -0.246. The fourth-order valence-electron chi connectivity index (χ4n) is 2.73. The van der Waals surface area contributed by atoms with Gasteiger partial charge in [-0.3, -0.25) is 9.67 Å². The molecular weight excluding hydrogens is 346 g/mol. The van der Waals surface area contributed by atoms with Crippen molar-refractivity contribution in [3.63, 3.8) is 0 Å². The minimum absolute atomic E-state index is 0.236. The van der Waals surface area contributed by atoms with E-state index in [1.807, 2.05) is 43.6 Å². The Morgan fingerprint density at radius 1 is 1.07 bits per heavy atom. The lowest BCUT2D eigenvalue weighted by Crippen LogP contribution is -2.34. The van der Waals surface area contributed by atoms with E-state index in [9.17, 15) is 4.79 Å². The van der Waals surface area contributed by atoms with Crippen LogP contribution in [0.15, 0.2) is 48.9 Å². The first kappa shape index (κ1) is 16.9. The second-order valence-corrected chi connectivity index (χ2v) is 6.18. The Kier molecular flexibility index (Phi) is 4.61. The highest BCUT2D eigenvalue weighted by Crippen LogP contribution is 2.32. The number of pyridine rings is 1. The van der Waals surface area contributed by atoms with E-state index in [1.165, 1.54) is 0 Å². The number of fused-ring (bicyclic) bond motifs is 1. The molecule has 8 heteroatoms. The number of carbonyl (C=O) groups is 1. The van der Waals surface area contributed by atoms with Crippen molar-refractivity contribution in [1.29, 1.82) is 0 Å². The monoisotopic (exact) mass is 365 g/mol. The number of hydrogen-bond acceptors (Lipinski definition) is 5. The van der Waals surface area contributed by atoms with Crippen LogP contribution < -0.4 is 20.1 Å². The molecule has 0 unspecified atom stereocenters. The largest absolute Gasteiger partial charge is 0.454 e. The van der Waals surface area contributed by atoms with Crippen LogP contribution in [0.25, 0.3) is 11.3 Å². The molecule has 1 aromatic carbocycles. The van der Waals surface area contributed by atoms with Crippen molar-refractivity contribution in [2.24, 2.45) is 7.05 Å². The third-order valence-electron chi connectivity index (χ3n) is 4.17. The molecule has 8 nitrogen and oxygen atoms in total. The molecule has 138 valence electrons. The summed E-state index contributed by atoms with van der Waals surface area (Å²) in [5.41, 5.74) is 3.66. The Bertz CT molecular complexity index is 952. The fraction of sp³-hybridized carbons (Fsp3) is 0.211. The molecule has 3 aromatic rings. The third kappa shape index (κ3) is 4.00. The van der Waals surface area contributed by atoms with Crippen molar-refractivity contribution in [2.75, 3.05) is 6.79 Å². The Labute approximate surface area is 156 Å². The van der Waals surface area contributed by atoms with Crippen LogP contribution in [0.5, 0.6) is 11.5 Å². The van der Waals surface area contributed by atoms with E-state index in [4.69, 9.17) is 9.47 Å². The normalized spacial score (nSPS) is 12.0. The maximum Gasteiger partial charge on any atom is 0.315 e. The molecule has 27 heavy (non-hydrogen) atoms. The Morgan fingerprint density at radius 3 is 2.59 bits per heavy atom. The Hall–Kier alpha value is -3.55. The van der Waals surface area contributed by atoms with Crippen LogP contribution in [0.1, 0.15) is 11.1 Å². The molecule has 1 aliphatic heterocycles. The van der Waals surface area contributed by atoms with E-state index in [-0.39, 0.29) is 12.8 Å². The number of carbonyl (C=O) groups excluding carboxylic acids is 1. The number of rotatable bonds is 5. The lowest BCUT2D eigenvalue weighted by Gasteiger charge is -2.08. The molecule has 0 bridgehead atoms. The smallest absolute Gasteiger partial charge is 0.315 e. The van der Waals surface area contributed by atoms with E-state index in [2.05, 4.69) is 20.7 Å². The number of amides is 2. The average Bonchev–Trinajstić information content (AvgIpc) is 3.33. The molecule has 0 spiro atoms. The highest BCUT2D eigenvalue weighted by Gasteiger charge is 2.13. The van der Waals surface area contributed by atoms with E-state index in [0.29, 0.717) is 18.8 Å². The SMILES string of the molecule is Cn1cc(-c2ccc(CNC(=O)NCc3ccc4c(c3)OCO4)cn2)cn1. The summed E-state index contributed by atoms with van der Waals surface area (Å²) >= 11 is 0. The number of benzene rings is 1. The molecule has 0 aliphatic carbocycles. The molecule has 0 radical (unpaired) electrons. The number of nitrogens with one attached hydrogen (secondary N) is 2. The summed E-state index contributed by atoms with van der Waals surface area (Å²) in [7, 11) is 1.87. The van der Waals surface area contributed by atoms with Gasteiger partial charge in [-0.25, -0.2) is 4.79 Å². The highest BCUT2D eigenvalue weighted by atomic mass is 16.7. The van der Waals surface area contributed by atoms with Crippen LogP contribution in [0.3, 0.4) is 0 Å². The quantitative estimate of drug-likeness (QED) is 0.723. The lowest BCUT2D eigenvalue weighted by atomic mass is 10.2. The molecule has 4 rings (SSSR count). The first-order chi connectivity index (χ1) is 13.2. The van der Waals surface area contributed by atoms with Gasteiger partial charge in [-0.05, 0) is 29.3 Å². The fourth-order valence-corrected chi connectivity index (χ4v) is 2.73. The Morgan fingerprint density at radius 2 is 1.85 bits per heavy atom. The molecule has 1 aliphatic rings.